The van der Waals surface area contributed by atoms with Gasteiger partial charge in [-0.3, -0.25) is 0 Å². The van der Waals surface area contributed by atoms with Crippen LogP contribution in [0.2, 0.25) is 0 Å². The Labute approximate surface area is 71.4 Å². The minimum absolute atomic E-state index is 0.370. The van der Waals surface area contributed by atoms with E-state index >= 15 is 0 Å². The predicted molar refractivity (Wildman–Crippen MR) is 45.5 cm³/mol. The lowest BCUT2D eigenvalue weighted by Gasteiger charge is -2.07. The average molecular weight is 161 g/mol. The van der Waals surface area contributed by atoms with Crippen molar-refractivity contribution in [3.05, 3.63) is 23.5 Å². The van der Waals surface area contributed by atoms with Crippen LogP contribution in [0.3, 0.4) is 0 Å². The number of aromatic amines is 1. The molecule has 0 aromatic carbocycles. The molecule has 0 amide bonds. The van der Waals surface area contributed by atoms with Gasteiger partial charge >= 0.3 is 0 Å². The zero-order valence-corrected chi connectivity index (χ0v) is 6.80. The summed E-state index contributed by atoms with van der Waals surface area (Å²) in [6, 6.07) is 4.38. The van der Waals surface area contributed by atoms with E-state index in [4.69, 9.17) is 5.26 Å². The fourth-order valence-electron chi connectivity index (χ4n) is 1.70. The van der Waals surface area contributed by atoms with Crippen molar-refractivity contribution in [2.75, 3.05) is 6.54 Å². The van der Waals surface area contributed by atoms with Crippen LogP contribution in [-0.2, 0) is 0 Å². The van der Waals surface area contributed by atoms with Gasteiger partial charge in [0.05, 0.1) is 5.56 Å². The summed E-state index contributed by atoms with van der Waals surface area (Å²) in [6.07, 6.45) is 4.16. The van der Waals surface area contributed by atoms with Crippen LogP contribution >= 0.6 is 0 Å². The minimum atomic E-state index is 0.370. The molecule has 1 aliphatic heterocycles. The van der Waals surface area contributed by atoms with Crippen molar-refractivity contribution in [2.24, 2.45) is 0 Å². The van der Waals surface area contributed by atoms with Gasteiger partial charge in [0.25, 0.3) is 0 Å². The summed E-state index contributed by atoms with van der Waals surface area (Å²) in [5.74, 6) is 0. The van der Waals surface area contributed by atoms with Gasteiger partial charge in [0.1, 0.15) is 6.07 Å². The monoisotopic (exact) mass is 161 g/mol. The maximum absolute atomic E-state index is 8.77. The normalized spacial score (nSPS) is 22.4. The molecule has 2 heterocycles. The van der Waals surface area contributed by atoms with Gasteiger partial charge in [-0.1, -0.05) is 0 Å². The predicted octanol–water partition coefficient (Wildman–Crippen LogP) is 1.31. The molecule has 3 heteroatoms. The molecular formula is C9H11N3. The largest absolute Gasteiger partial charge is 0.363 e. The van der Waals surface area contributed by atoms with Gasteiger partial charge < -0.3 is 10.3 Å². The average Bonchev–Trinajstić information content (AvgIpc) is 2.74. The van der Waals surface area contributed by atoms with E-state index in [2.05, 4.69) is 16.4 Å². The summed E-state index contributed by atoms with van der Waals surface area (Å²) in [5, 5.41) is 12.1. The number of hydrogen-bond donors (Lipinski definition) is 2. The number of nitrogens with one attached hydrogen (secondary N) is 2. The second-order valence-corrected chi connectivity index (χ2v) is 3.07. The van der Waals surface area contributed by atoms with E-state index in [-0.39, 0.29) is 0 Å². The van der Waals surface area contributed by atoms with Crippen LogP contribution < -0.4 is 5.32 Å². The van der Waals surface area contributed by atoms with Crippen molar-refractivity contribution < 1.29 is 0 Å². The quantitative estimate of drug-likeness (QED) is 0.652. The lowest BCUT2D eigenvalue weighted by molar-refractivity contribution is 0.630. The zero-order valence-electron chi connectivity index (χ0n) is 6.80. The lowest BCUT2D eigenvalue weighted by atomic mass is 10.1. The Balaban J connectivity index is 2.27. The minimum Gasteiger partial charge on any atom is -0.363 e. The molecule has 3 nitrogen and oxygen atoms in total. The highest BCUT2D eigenvalue weighted by Crippen LogP contribution is 2.23. The van der Waals surface area contributed by atoms with E-state index < -0.39 is 0 Å². The molecule has 1 atom stereocenters. The molecule has 1 aromatic rings. The third-order valence-electron chi connectivity index (χ3n) is 2.31. The first-order valence-electron chi connectivity index (χ1n) is 4.22. The summed E-state index contributed by atoms with van der Waals surface area (Å²) >= 11 is 0. The van der Waals surface area contributed by atoms with Gasteiger partial charge in [0, 0.05) is 17.9 Å². The summed E-state index contributed by atoms with van der Waals surface area (Å²) < 4.78 is 0. The molecule has 1 aliphatic rings. The topological polar surface area (TPSA) is 51.6 Å². The Bertz CT molecular complexity index is 302. The van der Waals surface area contributed by atoms with Crippen molar-refractivity contribution in [3.63, 3.8) is 0 Å². The van der Waals surface area contributed by atoms with Crippen LogP contribution in [0, 0.1) is 11.3 Å². The van der Waals surface area contributed by atoms with E-state index in [0.29, 0.717) is 6.04 Å². The smallest absolute Gasteiger partial charge is 0.101 e. The molecule has 0 spiro atoms. The Morgan fingerprint density at radius 1 is 1.58 bits per heavy atom. The van der Waals surface area contributed by atoms with Crippen molar-refractivity contribution in [1.29, 1.82) is 5.26 Å². The van der Waals surface area contributed by atoms with Crippen LogP contribution in [0.1, 0.15) is 30.1 Å². The van der Waals surface area contributed by atoms with Gasteiger partial charge in [0.15, 0.2) is 0 Å². The fourth-order valence-corrected chi connectivity index (χ4v) is 1.70. The number of hydrogen-bond acceptors (Lipinski definition) is 2. The third-order valence-corrected chi connectivity index (χ3v) is 2.31. The Hall–Kier alpha value is -1.27. The Kier molecular flexibility index (Phi) is 1.84. The van der Waals surface area contributed by atoms with Gasteiger partial charge in [-0.2, -0.15) is 5.26 Å². The first-order valence-corrected chi connectivity index (χ1v) is 4.22. The van der Waals surface area contributed by atoms with E-state index in [1.54, 1.807) is 0 Å². The molecule has 12 heavy (non-hydrogen) atoms. The number of rotatable bonds is 1. The van der Waals surface area contributed by atoms with Crippen LogP contribution in [0.4, 0.5) is 0 Å². The Morgan fingerprint density at radius 3 is 3.17 bits per heavy atom. The van der Waals surface area contributed by atoms with Gasteiger partial charge in [-0.15, -0.1) is 0 Å². The van der Waals surface area contributed by atoms with E-state index in [1.165, 1.54) is 6.42 Å². The molecule has 2 N–H and O–H groups in total. The van der Waals surface area contributed by atoms with Crippen molar-refractivity contribution in [1.82, 2.24) is 10.3 Å². The highest BCUT2D eigenvalue weighted by Gasteiger charge is 2.19. The lowest BCUT2D eigenvalue weighted by Crippen LogP contribution is -2.14. The second-order valence-electron chi connectivity index (χ2n) is 3.07. The number of nitrogens with zero attached hydrogens (tertiary/aromatic N) is 1. The first-order chi connectivity index (χ1) is 5.92. The van der Waals surface area contributed by atoms with Gasteiger partial charge in [-0.25, -0.2) is 0 Å². The van der Waals surface area contributed by atoms with E-state index in [1.807, 2.05) is 12.3 Å². The number of nitriles is 1. The molecule has 0 unspecified atom stereocenters. The maximum atomic E-state index is 8.77. The van der Waals surface area contributed by atoms with Crippen molar-refractivity contribution in [2.45, 2.75) is 18.9 Å². The highest BCUT2D eigenvalue weighted by atomic mass is 15.0. The van der Waals surface area contributed by atoms with E-state index in [9.17, 15) is 0 Å². The first kappa shape index (κ1) is 7.38. The fraction of sp³-hybridized carbons (Fsp3) is 0.444. The van der Waals surface area contributed by atoms with E-state index in [0.717, 1.165) is 24.2 Å². The summed E-state index contributed by atoms with van der Waals surface area (Å²) in [7, 11) is 0. The highest BCUT2D eigenvalue weighted by molar-refractivity contribution is 5.35. The standard InChI is InChI=1S/C9H11N3/c10-6-7-3-5-12-9(7)8-2-1-4-11-8/h3,5,8,11-12H,1-2,4H2/t8-/m0/s1. The molecule has 2 rings (SSSR count). The van der Waals surface area contributed by atoms with Gasteiger partial charge in [0.2, 0.25) is 0 Å². The summed E-state index contributed by atoms with van der Waals surface area (Å²) in [5.41, 5.74) is 1.82. The Morgan fingerprint density at radius 2 is 2.50 bits per heavy atom. The van der Waals surface area contributed by atoms with Crippen LogP contribution in [0.5, 0.6) is 0 Å². The summed E-state index contributed by atoms with van der Waals surface area (Å²) in [4.78, 5) is 3.11. The molecule has 0 saturated carbocycles. The molecule has 0 aliphatic carbocycles. The molecule has 1 saturated heterocycles. The second kappa shape index (κ2) is 3.00. The maximum Gasteiger partial charge on any atom is 0.101 e. The van der Waals surface area contributed by atoms with Crippen LogP contribution in [-0.4, -0.2) is 11.5 Å². The third kappa shape index (κ3) is 1.10. The number of aromatic nitrogens is 1. The number of H-pyrrole nitrogens is 1. The van der Waals surface area contributed by atoms with Crippen LogP contribution in [0.25, 0.3) is 0 Å². The molecule has 1 aromatic heterocycles. The molecule has 0 radical (unpaired) electrons. The molecule has 0 bridgehead atoms. The molecular weight excluding hydrogens is 150 g/mol. The zero-order chi connectivity index (χ0) is 8.39. The van der Waals surface area contributed by atoms with Crippen molar-refractivity contribution in [3.8, 4) is 6.07 Å². The SMILES string of the molecule is N#Cc1cc[nH]c1[C@@H]1CCCN1. The summed E-state index contributed by atoms with van der Waals surface area (Å²) in [6.45, 7) is 1.06. The molecule has 62 valence electrons. The van der Waals surface area contributed by atoms with Crippen molar-refractivity contribution >= 4 is 0 Å². The van der Waals surface area contributed by atoms with Gasteiger partial charge in [-0.05, 0) is 25.5 Å². The van der Waals surface area contributed by atoms with Crippen LogP contribution in [0.15, 0.2) is 12.3 Å². The molecule has 1 fully saturated rings.